The number of nitro groups is 1. The van der Waals surface area contributed by atoms with Gasteiger partial charge in [-0.2, -0.15) is 0 Å². The molecule has 4 rings (SSSR count). The molecule has 0 radical (unpaired) electrons. The van der Waals surface area contributed by atoms with Crippen LogP contribution in [0.1, 0.15) is 11.1 Å². The second-order valence-corrected chi connectivity index (χ2v) is 8.14. The van der Waals surface area contributed by atoms with Gasteiger partial charge in [-0.25, -0.2) is 4.90 Å². The lowest BCUT2D eigenvalue weighted by Gasteiger charge is -2.15. The number of amides is 2. The molecule has 148 valence electrons. The molecule has 0 spiro atoms. The number of hydrogen-bond donors (Lipinski definition) is 0. The lowest BCUT2D eigenvalue weighted by Crippen LogP contribution is -2.31. The summed E-state index contributed by atoms with van der Waals surface area (Å²) in [6.07, 6.45) is 0. The van der Waals surface area contributed by atoms with Crippen molar-refractivity contribution < 1.29 is 14.5 Å². The predicted octanol–water partition coefficient (Wildman–Crippen LogP) is 5.60. The normalized spacial score (nSPS) is 13.9. The number of hydrogen-bond acceptors (Lipinski definition) is 4. The van der Waals surface area contributed by atoms with E-state index in [9.17, 15) is 19.7 Å². The second kappa shape index (κ2) is 7.97. The van der Waals surface area contributed by atoms with E-state index in [-0.39, 0.29) is 22.5 Å². The van der Waals surface area contributed by atoms with Crippen molar-refractivity contribution in [3.05, 3.63) is 103 Å². The molecule has 1 aliphatic heterocycles. The Bertz CT molecular complexity index is 1170. The van der Waals surface area contributed by atoms with Crippen molar-refractivity contribution in [1.82, 2.24) is 0 Å². The summed E-state index contributed by atoms with van der Waals surface area (Å²) in [5.41, 5.74) is 1.84. The van der Waals surface area contributed by atoms with Crippen molar-refractivity contribution in [3.63, 3.8) is 0 Å². The van der Waals surface area contributed by atoms with E-state index in [1.807, 2.05) is 12.1 Å². The van der Waals surface area contributed by atoms with Crippen molar-refractivity contribution in [2.24, 2.45) is 0 Å². The third-order valence-corrected chi connectivity index (χ3v) is 6.07. The average molecular weight is 528 g/mol. The maximum absolute atomic E-state index is 13.5. The summed E-state index contributed by atoms with van der Waals surface area (Å²) >= 11 is 6.94. The molecule has 3 aromatic carbocycles. The van der Waals surface area contributed by atoms with Gasteiger partial charge in [0, 0.05) is 32.2 Å². The topological polar surface area (TPSA) is 80.5 Å². The number of anilines is 1. The smallest absolute Gasteiger partial charge is 0.268 e. The molecule has 0 atom stereocenters. The molecule has 3 aromatic rings. The number of rotatable bonds is 4. The van der Waals surface area contributed by atoms with E-state index in [1.54, 1.807) is 36.4 Å². The van der Waals surface area contributed by atoms with Gasteiger partial charge in [-0.15, -0.1) is 0 Å². The monoisotopic (exact) mass is 526 g/mol. The number of carbonyl (C=O) groups is 2. The molecule has 6 nitrogen and oxygen atoms in total. The van der Waals surface area contributed by atoms with Crippen LogP contribution in [0.2, 0.25) is 0 Å². The molecule has 0 aromatic heterocycles. The van der Waals surface area contributed by atoms with Crippen LogP contribution in [0.5, 0.6) is 0 Å². The highest BCUT2D eigenvalue weighted by atomic mass is 79.9. The zero-order valence-electron chi connectivity index (χ0n) is 15.2. The first-order valence-corrected chi connectivity index (χ1v) is 10.4. The van der Waals surface area contributed by atoms with Crippen molar-refractivity contribution in [3.8, 4) is 0 Å². The van der Waals surface area contributed by atoms with Gasteiger partial charge in [0.2, 0.25) is 0 Å². The molecule has 0 N–H and O–H groups in total. The van der Waals surface area contributed by atoms with Crippen LogP contribution in [0.25, 0.3) is 11.1 Å². The zero-order valence-corrected chi connectivity index (χ0v) is 18.4. The van der Waals surface area contributed by atoms with Crippen LogP contribution in [0, 0.1) is 10.1 Å². The summed E-state index contributed by atoms with van der Waals surface area (Å²) < 4.78 is 1.35. The van der Waals surface area contributed by atoms with Crippen LogP contribution in [0.15, 0.2) is 81.7 Å². The molecule has 2 amide bonds. The fraction of sp³-hybridized carbons (Fsp3) is 0. The fourth-order valence-electron chi connectivity index (χ4n) is 3.32. The van der Waals surface area contributed by atoms with E-state index in [2.05, 4.69) is 31.9 Å². The van der Waals surface area contributed by atoms with Gasteiger partial charge in [0.25, 0.3) is 17.5 Å². The lowest BCUT2D eigenvalue weighted by molar-refractivity contribution is -0.384. The second-order valence-electron chi connectivity index (χ2n) is 6.43. The summed E-state index contributed by atoms with van der Waals surface area (Å²) in [6, 6.07) is 19.7. The fourth-order valence-corrected chi connectivity index (χ4v) is 4.28. The number of nitro benzene ring substituents is 1. The molecule has 0 unspecified atom stereocenters. The summed E-state index contributed by atoms with van der Waals surface area (Å²) in [7, 11) is 0. The van der Waals surface area contributed by atoms with Crippen LogP contribution >= 0.6 is 31.9 Å². The van der Waals surface area contributed by atoms with Crippen molar-refractivity contribution in [1.29, 1.82) is 0 Å². The van der Waals surface area contributed by atoms with Crippen molar-refractivity contribution >= 4 is 66.2 Å². The summed E-state index contributed by atoms with van der Waals surface area (Å²) in [4.78, 5) is 38.4. The molecular weight excluding hydrogens is 516 g/mol. The highest BCUT2D eigenvalue weighted by Crippen LogP contribution is 2.42. The molecule has 1 aliphatic rings. The molecule has 30 heavy (non-hydrogen) atoms. The Labute approximate surface area is 188 Å². The molecule has 1 heterocycles. The molecular formula is C22H12Br2N2O4. The summed E-state index contributed by atoms with van der Waals surface area (Å²) in [5.74, 6) is -0.988. The van der Waals surface area contributed by atoms with Gasteiger partial charge in [-0.05, 0) is 24.3 Å². The standard InChI is InChI=1S/C22H12Br2N2O4/c23-17-7-3-1-5-15(17)19-20(16-6-2-4-8-18(16)24)22(28)25(21(19)27)13-9-11-14(12-10-13)26(29)30/h1-12H. The molecule has 0 fully saturated rings. The van der Waals surface area contributed by atoms with Gasteiger partial charge >= 0.3 is 0 Å². The van der Waals surface area contributed by atoms with Crippen molar-refractivity contribution in [2.45, 2.75) is 0 Å². The first-order valence-electron chi connectivity index (χ1n) is 8.77. The van der Waals surface area contributed by atoms with E-state index in [0.717, 1.165) is 4.90 Å². The first-order chi connectivity index (χ1) is 14.4. The van der Waals surface area contributed by atoms with Crippen LogP contribution in [-0.4, -0.2) is 16.7 Å². The van der Waals surface area contributed by atoms with E-state index in [0.29, 0.717) is 20.1 Å². The Hall–Kier alpha value is -3.10. The summed E-state index contributed by atoms with van der Waals surface area (Å²) in [5, 5.41) is 11.0. The minimum Gasteiger partial charge on any atom is -0.268 e. The number of benzene rings is 3. The molecule has 0 saturated heterocycles. The van der Waals surface area contributed by atoms with Gasteiger partial charge in [0.15, 0.2) is 0 Å². The SMILES string of the molecule is O=C1C(c2ccccc2Br)=C(c2ccccc2Br)C(=O)N1c1ccc([N+](=O)[O-])cc1. The van der Waals surface area contributed by atoms with Crippen LogP contribution in [-0.2, 0) is 9.59 Å². The van der Waals surface area contributed by atoms with Gasteiger partial charge < -0.3 is 0 Å². The highest BCUT2D eigenvalue weighted by Gasteiger charge is 2.41. The highest BCUT2D eigenvalue weighted by molar-refractivity contribution is 9.10. The van der Waals surface area contributed by atoms with E-state index >= 15 is 0 Å². The molecule has 0 saturated carbocycles. The van der Waals surface area contributed by atoms with Crippen LogP contribution in [0.4, 0.5) is 11.4 Å². The Balaban J connectivity index is 1.92. The Morgan fingerprint density at radius 3 is 1.53 bits per heavy atom. The lowest BCUT2D eigenvalue weighted by atomic mass is 9.96. The predicted molar refractivity (Wildman–Crippen MR) is 121 cm³/mol. The third-order valence-electron chi connectivity index (χ3n) is 4.69. The largest absolute Gasteiger partial charge is 0.269 e. The maximum Gasteiger partial charge on any atom is 0.269 e. The third kappa shape index (κ3) is 3.38. The Morgan fingerprint density at radius 2 is 1.13 bits per heavy atom. The summed E-state index contributed by atoms with van der Waals surface area (Å²) in [6.45, 7) is 0. The van der Waals surface area contributed by atoms with E-state index in [4.69, 9.17) is 0 Å². The van der Waals surface area contributed by atoms with Crippen molar-refractivity contribution in [2.75, 3.05) is 4.90 Å². The quantitative estimate of drug-likeness (QED) is 0.251. The Kier molecular flexibility index (Phi) is 5.36. The van der Waals surface area contributed by atoms with Gasteiger partial charge in [-0.1, -0.05) is 68.3 Å². The van der Waals surface area contributed by atoms with E-state index in [1.165, 1.54) is 24.3 Å². The van der Waals surface area contributed by atoms with Crippen LogP contribution < -0.4 is 4.90 Å². The zero-order chi connectivity index (χ0) is 21.4. The number of non-ortho nitro benzene ring substituents is 1. The minimum atomic E-state index is -0.533. The number of halogens is 2. The van der Waals surface area contributed by atoms with Crippen LogP contribution in [0.3, 0.4) is 0 Å². The maximum atomic E-state index is 13.5. The van der Waals surface area contributed by atoms with Gasteiger partial charge in [0.1, 0.15) is 0 Å². The molecule has 0 aliphatic carbocycles. The molecule has 0 bridgehead atoms. The average Bonchev–Trinajstić information content (AvgIpc) is 2.99. The Morgan fingerprint density at radius 1 is 0.700 bits per heavy atom. The number of carbonyl (C=O) groups excluding carboxylic acids is 2. The number of nitrogens with zero attached hydrogens (tertiary/aromatic N) is 2. The number of imide groups is 1. The minimum absolute atomic E-state index is 0.122. The molecule has 8 heteroatoms. The van der Waals surface area contributed by atoms with E-state index < -0.39 is 16.7 Å². The van der Waals surface area contributed by atoms with Gasteiger partial charge in [-0.3, -0.25) is 19.7 Å². The first kappa shape index (κ1) is 20.2. The van der Waals surface area contributed by atoms with Gasteiger partial charge in [0.05, 0.1) is 21.8 Å².